The Bertz CT molecular complexity index is 330. The van der Waals surface area contributed by atoms with E-state index in [1.165, 1.54) is 11.8 Å². The maximum atomic E-state index is 10.4. The highest BCUT2D eigenvalue weighted by Crippen LogP contribution is 2.20. The van der Waals surface area contributed by atoms with Crippen LogP contribution in [0.1, 0.15) is 0 Å². The van der Waals surface area contributed by atoms with E-state index in [0.717, 1.165) is 4.90 Å². The minimum Gasteiger partial charge on any atom is -0.480 e. The van der Waals surface area contributed by atoms with Crippen molar-refractivity contribution in [1.82, 2.24) is 0 Å². The lowest BCUT2D eigenvalue weighted by atomic mass is 10.3. The molecule has 0 aliphatic rings. The molecule has 76 valence electrons. The summed E-state index contributed by atoms with van der Waals surface area (Å²) < 4.78 is 0. The van der Waals surface area contributed by atoms with Crippen LogP contribution in [-0.2, 0) is 4.79 Å². The molecule has 1 unspecified atom stereocenters. The van der Waals surface area contributed by atoms with Gasteiger partial charge in [-0.15, -0.1) is 11.8 Å². The highest BCUT2D eigenvalue weighted by atomic mass is 32.2. The Labute approximate surface area is 86.3 Å². The molecule has 5 heteroatoms. The van der Waals surface area contributed by atoms with Crippen molar-refractivity contribution in [1.29, 1.82) is 0 Å². The Hall–Kier alpha value is -1.20. The zero-order chi connectivity index (χ0) is 10.6. The predicted octanol–water partition coefficient (Wildman–Crippen LogP) is 0.773. The summed E-state index contributed by atoms with van der Waals surface area (Å²) in [7, 11) is 0. The molecule has 0 aromatic heterocycles. The quantitative estimate of drug-likeness (QED) is 0.506. The number of hydrogen-bond acceptors (Lipinski definition) is 4. The van der Waals surface area contributed by atoms with Gasteiger partial charge in [-0.2, -0.15) is 0 Å². The molecule has 0 saturated carbocycles. The summed E-state index contributed by atoms with van der Waals surface area (Å²) >= 11 is 1.39. The second-order valence-corrected chi connectivity index (χ2v) is 3.92. The summed E-state index contributed by atoms with van der Waals surface area (Å²) in [5.41, 5.74) is 11.6. The third-order valence-corrected chi connectivity index (χ3v) is 2.72. The van der Waals surface area contributed by atoms with Crippen molar-refractivity contribution in [3.05, 3.63) is 24.3 Å². The smallest absolute Gasteiger partial charge is 0.321 e. The fourth-order valence-electron chi connectivity index (χ4n) is 0.862. The van der Waals surface area contributed by atoms with Crippen molar-refractivity contribution in [3.63, 3.8) is 0 Å². The number of carboxylic acid groups (broad SMARTS) is 1. The number of anilines is 1. The fourth-order valence-corrected chi connectivity index (χ4v) is 1.77. The summed E-state index contributed by atoms with van der Waals surface area (Å²) in [6.45, 7) is 0. The van der Waals surface area contributed by atoms with E-state index in [4.69, 9.17) is 16.6 Å². The van der Waals surface area contributed by atoms with E-state index in [1.54, 1.807) is 12.1 Å². The summed E-state index contributed by atoms with van der Waals surface area (Å²) in [6, 6.07) is 6.43. The van der Waals surface area contributed by atoms with Crippen molar-refractivity contribution < 1.29 is 9.90 Å². The molecule has 1 aromatic carbocycles. The molecule has 0 spiro atoms. The number of rotatable bonds is 4. The van der Waals surface area contributed by atoms with Gasteiger partial charge in [-0.25, -0.2) is 0 Å². The standard InChI is InChI=1S/C9H12N2O2S/c10-6-2-1-3-7(4-6)14-5-8(11)9(12)13/h1-4,8H,5,10-11H2,(H,12,13). The van der Waals surface area contributed by atoms with E-state index in [0.29, 0.717) is 11.4 Å². The third kappa shape index (κ3) is 3.27. The molecule has 0 aliphatic heterocycles. The van der Waals surface area contributed by atoms with Crippen LogP contribution in [0.2, 0.25) is 0 Å². The minimum absolute atomic E-state index is 0.346. The van der Waals surface area contributed by atoms with E-state index >= 15 is 0 Å². The van der Waals surface area contributed by atoms with Gasteiger partial charge in [0.1, 0.15) is 6.04 Å². The molecule has 0 bridgehead atoms. The lowest BCUT2D eigenvalue weighted by molar-refractivity contribution is -0.137. The number of thioether (sulfide) groups is 1. The SMILES string of the molecule is Nc1cccc(SCC(N)C(=O)O)c1. The van der Waals surface area contributed by atoms with Crippen LogP contribution in [0.15, 0.2) is 29.2 Å². The molecule has 0 heterocycles. The molecule has 4 nitrogen and oxygen atoms in total. The Morgan fingerprint density at radius 3 is 2.86 bits per heavy atom. The lowest BCUT2D eigenvalue weighted by Crippen LogP contribution is -2.32. The topological polar surface area (TPSA) is 89.3 Å². The zero-order valence-corrected chi connectivity index (χ0v) is 8.33. The largest absolute Gasteiger partial charge is 0.480 e. The first-order chi connectivity index (χ1) is 6.59. The molecule has 0 saturated heterocycles. The number of benzene rings is 1. The van der Waals surface area contributed by atoms with E-state index in [1.807, 2.05) is 12.1 Å². The summed E-state index contributed by atoms with van der Waals surface area (Å²) in [5, 5.41) is 8.55. The number of nitrogen functional groups attached to an aromatic ring is 1. The van der Waals surface area contributed by atoms with Gasteiger partial charge in [0.25, 0.3) is 0 Å². The Kier molecular flexibility index (Phi) is 3.79. The Morgan fingerprint density at radius 1 is 1.57 bits per heavy atom. The molecule has 5 N–H and O–H groups in total. The van der Waals surface area contributed by atoms with Gasteiger partial charge >= 0.3 is 5.97 Å². The number of hydrogen-bond donors (Lipinski definition) is 3. The average Bonchev–Trinajstić information content (AvgIpc) is 2.14. The number of carboxylic acids is 1. The molecule has 1 rings (SSSR count). The molecule has 1 aromatic rings. The number of nitrogens with two attached hydrogens (primary N) is 2. The van der Waals surface area contributed by atoms with Gasteiger partial charge in [-0.3, -0.25) is 4.79 Å². The summed E-state index contributed by atoms with van der Waals surface area (Å²) in [6.07, 6.45) is 0. The molecule has 14 heavy (non-hydrogen) atoms. The Balaban J connectivity index is 2.49. The van der Waals surface area contributed by atoms with Gasteiger partial charge in [0.2, 0.25) is 0 Å². The second-order valence-electron chi connectivity index (χ2n) is 2.83. The van der Waals surface area contributed by atoms with E-state index in [2.05, 4.69) is 0 Å². The monoisotopic (exact) mass is 212 g/mol. The maximum absolute atomic E-state index is 10.4. The van der Waals surface area contributed by atoms with Gasteiger partial charge in [-0.05, 0) is 18.2 Å². The molecular weight excluding hydrogens is 200 g/mol. The van der Waals surface area contributed by atoms with Crippen LogP contribution in [0.5, 0.6) is 0 Å². The molecule has 0 fully saturated rings. The fraction of sp³-hybridized carbons (Fsp3) is 0.222. The minimum atomic E-state index is -0.985. The summed E-state index contributed by atoms with van der Waals surface area (Å²) in [4.78, 5) is 11.4. The maximum Gasteiger partial charge on any atom is 0.321 e. The van der Waals surface area contributed by atoms with Gasteiger partial charge in [0.05, 0.1) is 0 Å². The molecule has 0 amide bonds. The lowest BCUT2D eigenvalue weighted by Gasteiger charge is -2.05. The predicted molar refractivity (Wildman–Crippen MR) is 57.2 cm³/mol. The molecule has 1 atom stereocenters. The van der Waals surface area contributed by atoms with Crippen molar-refractivity contribution in [2.24, 2.45) is 5.73 Å². The average molecular weight is 212 g/mol. The van der Waals surface area contributed by atoms with Gasteiger partial charge in [0.15, 0.2) is 0 Å². The highest BCUT2D eigenvalue weighted by molar-refractivity contribution is 7.99. The van der Waals surface area contributed by atoms with Crippen LogP contribution >= 0.6 is 11.8 Å². The zero-order valence-electron chi connectivity index (χ0n) is 7.51. The molecule has 0 radical (unpaired) electrons. The summed E-state index contributed by atoms with van der Waals surface area (Å²) in [5.74, 6) is -0.639. The first-order valence-electron chi connectivity index (χ1n) is 4.06. The third-order valence-electron chi connectivity index (χ3n) is 1.60. The van der Waals surface area contributed by atoms with Crippen LogP contribution in [0.4, 0.5) is 5.69 Å². The Morgan fingerprint density at radius 2 is 2.29 bits per heavy atom. The van der Waals surface area contributed by atoms with Crippen molar-refractivity contribution in [2.45, 2.75) is 10.9 Å². The van der Waals surface area contributed by atoms with Gasteiger partial charge in [0, 0.05) is 16.3 Å². The van der Waals surface area contributed by atoms with E-state index in [9.17, 15) is 4.79 Å². The second kappa shape index (κ2) is 4.88. The van der Waals surface area contributed by atoms with Gasteiger partial charge in [-0.1, -0.05) is 6.07 Å². The number of carbonyl (C=O) groups is 1. The van der Waals surface area contributed by atoms with Crippen LogP contribution < -0.4 is 11.5 Å². The first kappa shape index (κ1) is 10.9. The normalized spacial score (nSPS) is 12.4. The highest BCUT2D eigenvalue weighted by Gasteiger charge is 2.11. The van der Waals surface area contributed by atoms with Crippen molar-refractivity contribution in [3.8, 4) is 0 Å². The van der Waals surface area contributed by atoms with Crippen molar-refractivity contribution >= 4 is 23.4 Å². The van der Waals surface area contributed by atoms with E-state index in [-0.39, 0.29) is 0 Å². The molecular formula is C9H12N2O2S. The van der Waals surface area contributed by atoms with Crippen LogP contribution in [0.25, 0.3) is 0 Å². The van der Waals surface area contributed by atoms with E-state index < -0.39 is 12.0 Å². The first-order valence-corrected chi connectivity index (χ1v) is 5.05. The van der Waals surface area contributed by atoms with Gasteiger partial charge < -0.3 is 16.6 Å². The van der Waals surface area contributed by atoms with Crippen LogP contribution in [0.3, 0.4) is 0 Å². The van der Waals surface area contributed by atoms with Crippen LogP contribution in [-0.4, -0.2) is 22.9 Å². The van der Waals surface area contributed by atoms with Crippen LogP contribution in [0, 0.1) is 0 Å². The number of aliphatic carboxylic acids is 1. The molecule has 0 aliphatic carbocycles. The van der Waals surface area contributed by atoms with Crippen molar-refractivity contribution in [2.75, 3.05) is 11.5 Å².